The molecule has 0 atom stereocenters. The monoisotopic (exact) mass is 450 g/mol. The van der Waals surface area contributed by atoms with Gasteiger partial charge in [-0.1, -0.05) is 26.0 Å². The Morgan fingerprint density at radius 2 is 1.90 bits per heavy atom. The molecule has 1 aliphatic rings. The van der Waals surface area contributed by atoms with Gasteiger partial charge in [-0.15, -0.1) is 22.9 Å². The van der Waals surface area contributed by atoms with Crippen molar-refractivity contribution >= 4 is 34.8 Å². The average Bonchev–Trinajstić information content (AvgIpc) is 3.38. The van der Waals surface area contributed by atoms with E-state index in [1.54, 1.807) is 21.1 Å². The molecule has 0 saturated heterocycles. The summed E-state index contributed by atoms with van der Waals surface area (Å²) in [6, 6.07) is 9.68. The van der Waals surface area contributed by atoms with Crippen molar-refractivity contribution in [2.75, 3.05) is 25.8 Å². The molecule has 1 aromatic heterocycles. The van der Waals surface area contributed by atoms with E-state index in [2.05, 4.69) is 0 Å². The van der Waals surface area contributed by atoms with E-state index in [1.165, 1.54) is 0 Å². The molecule has 0 fully saturated rings. The Hall–Kier alpha value is -2.25. The summed E-state index contributed by atoms with van der Waals surface area (Å²) in [6.45, 7) is 5.76. The molecule has 0 spiro atoms. The van der Waals surface area contributed by atoms with Gasteiger partial charge >= 0.3 is 0 Å². The van der Waals surface area contributed by atoms with Crippen molar-refractivity contribution in [2.45, 2.75) is 33.4 Å². The Kier molecular flexibility index (Phi) is 7.99. The molecule has 0 N–H and O–H groups in total. The molecule has 1 aromatic carbocycles. The zero-order valence-corrected chi connectivity index (χ0v) is 18.9. The van der Waals surface area contributed by atoms with Crippen LogP contribution in [0.15, 0.2) is 35.7 Å². The number of hydrogen-bond acceptors (Lipinski definition) is 5. The standard InChI is InChI=1S/C22H27ClN2O4S/c1-16(2)11-24(21(26)7-8-23)14-22(27)25(13-18-4-3-9-30-18)12-17-5-6-19-20(10-17)29-15-28-19/h3-6,9-10,16H,7-8,11-15H2,1-2H3. The van der Waals surface area contributed by atoms with Gasteiger partial charge in [-0.25, -0.2) is 0 Å². The molecule has 162 valence electrons. The molecule has 6 nitrogen and oxygen atoms in total. The number of benzene rings is 1. The van der Waals surface area contributed by atoms with E-state index in [4.69, 9.17) is 21.1 Å². The van der Waals surface area contributed by atoms with Crippen molar-refractivity contribution in [2.24, 2.45) is 5.92 Å². The number of fused-ring (bicyclic) bond motifs is 1. The maximum atomic E-state index is 13.3. The number of amides is 2. The van der Waals surface area contributed by atoms with Crippen LogP contribution in [0.4, 0.5) is 0 Å². The van der Waals surface area contributed by atoms with E-state index < -0.39 is 0 Å². The summed E-state index contributed by atoms with van der Waals surface area (Å²) < 4.78 is 10.8. The van der Waals surface area contributed by atoms with Crippen LogP contribution in [0, 0.1) is 5.92 Å². The van der Waals surface area contributed by atoms with Gasteiger partial charge in [0.25, 0.3) is 0 Å². The molecule has 2 aromatic rings. The first-order valence-corrected chi connectivity index (χ1v) is 11.4. The number of rotatable bonds is 10. The number of ether oxygens (including phenoxy) is 2. The maximum absolute atomic E-state index is 13.3. The molecule has 0 bridgehead atoms. The van der Waals surface area contributed by atoms with Gasteiger partial charge < -0.3 is 19.3 Å². The van der Waals surface area contributed by atoms with Crippen molar-refractivity contribution in [3.63, 3.8) is 0 Å². The Bertz CT molecular complexity index is 857. The minimum Gasteiger partial charge on any atom is -0.454 e. The van der Waals surface area contributed by atoms with Crippen LogP contribution in [0.1, 0.15) is 30.7 Å². The molecule has 0 saturated carbocycles. The summed E-state index contributed by atoms with van der Waals surface area (Å²) in [5, 5.41) is 1.99. The summed E-state index contributed by atoms with van der Waals surface area (Å²) in [4.78, 5) is 30.2. The van der Waals surface area contributed by atoms with Gasteiger partial charge in [-0.2, -0.15) is 0 Å². The predicted molar refractivity (Wildman–Crippen MR) is 118 cm³/mol. The quantitative estimate of drug-likeness (QED) is 0.511. The number of alkyl halides is 1. The van der Waals surface area contributed by atoms with Gasteiger partial charge in [0.1, 0.15) is 0 Å². The summed E-state index contributed by atoms with van der Waals surface area (Å²) in [7, 11) is 0. The van der Waals surface area contributed by atoms with E-state index in [-0.39, 0.29) is 43.4 Å². The SMILES string of the molecule is CC(C)CN(CC(=O)N(Cc1ccc2c(c1)OCO2)Cc1cccs1)C(=O)CCCl. The minimum atomic E-state index is -0.0929. The van der Waals surface area contributed by atoms with Gasteiger partial charge in [-0.3, -0.25) is 9.59 Å². The number of nitrogens with zero attached hydrogens (tertiary/aromatic N) is 2. The van der Waals surface area contributed by atoms with E-state index in [9.17, 15) is 9.59 Å². The molecule has 0 aliphatic carbocycles. The highest BCUT2D eigenvalue weighted by Crippen LogP contribution is 2.33. The normalized spacial score (nSPS) is 12.3. The molecular weight excluding hydrogens is 424 g/mol. The second-order valence-electron chi connectivity index (χ2n) is 7.62. The van der Waals surface area contributed by atoms with Crippen LogP contribution in [0.3, 0.4) is 0 Å². The topological polar surface area (TPSA) is 59.1 Å². The van der Waals surface area contributed by atoms with Crippen molar-refractivity contribution in [3.05, 3.63) is 46.2 Å². The first-order chi connectivity index (χ1) is 14.5. The first kappa shape index (κ1) is 22.4. The van der Waals surface area contributed by atoms with Crippen LogP contribution < -0.4 is 9.47 Å². The molecule has 8 heteroatoms. The van der Waals surface area contributed by atoms with Gasteiger partial charge in [0.15, 0.2) is 11.5 Å². The number of thiophene rings is 1. The van der Waals surface area contributed by atoms with Crippen molar-refractivity contribution < 1.29 is 19.1 Å². The third-order valence-corrected chi connectivity index (χ3v) is 5.71. The van der Waals surface area contributed by atoms with Crippen LogP contribution in [-0.2, 0) is 22.7 Å². The van der Waals surface area contributed by atoms with Crippen LogP contribution in [0.25, 0.3) is 0 Å². The van der Waals surface area contributed by atoms with Crippen molar-refractivity contribution in [3.8, 4) is 11.5 Å². The Labute approximate surface area is 186 Å². The Morgan fingerprint density at radius 3 is 2.60 bits per heavy atom. The Balaban J connectivity index is 1.76. The molecule has 0 unspecified atom stereocenters. The second-order valence-corrected chi connectivity index (χ2v) is 9.03. The lowest BCUT2D eigenvalue weighted by atomic mass is 10.1. The highest BCUT2D eigenvalue weighted by molar-refractivity contribution is 7.09. The lowest BCUT2D eigenvalue weighted by molar-refractivity contribution is -0.141. The fraction of sp³-hybridized carbons (Fsp3) is 0.455. The molecule has 2 heterocycles. The van der Waals surface area contributed by atoms with E-state index in [0.717, 1.165) is 10.4 Å². The van der Waals surface area contributed by atoms with E-state index in [0.29, 0.717) is 31.1 Å². The summed E-state index contributed by atoms with van der Waals surface area (Å²) >= 11 is 7.37. The lowest BCUT2D eigenvalue weighted by Gasteiger charge is -2.28. The van der Waals surface area contributed by atoms with Gasteiger partial charge in [0, 0.05) is 30.3 Å². The fourth-order valence-electron chi connectivity index (χ4n) is 3.28. The zero-order valence-electron chi connectivity index (χ0n) is 17.3. The molecule has 1 aliphatic heterocycles. The predicted octanol–water partition coefficient (Wildman–Crippen LogP) is 4.12. The summed E-state index contributed by atoms with van der Waals surface area (Å²) in [5.74, 6) is 1.73. The smallest absolute Gasteiger partial charge is 0.242 e. The second kappa shape index (κ2) is 10.7. The number of halogens is 1. The highest BCUT2D eigenvalue weighted by Gasteiger charge is 2.23. The van der Waals surface area contributed by atoms with E-state index in [1.807, 2.05) is 49.6 Å². The average molecular weight is 451 g/mol. The third-order valence-electron chi connectivity index (χ3n) is 4.66. The van der Waals surface area contributed by atoms with Crippen molar-refractivity contribution in [1.29, 1.82) is 0 Å². The van der Waals surface area contributed by atoms with Gasteiger partial charge in [0.05, 0.1) is 13.1 Å². The highest BCUT2D eigenvalue weighted by atomic mass is 35.5. The lowest BCUT2D eigenvalue weighted by Crippen LogP contribution is -2.43. The molecule has 2 amide bonds. The summed E-state index contributed by atoms with van der Waals surface area (Å²) in [5.41, 5.74) is 0.951. The molecule has 3 rings (SSSR count). The third kappa shape index (κ3) is 6.12. The van der Waals surface area contributed by atoms with Gasteiger partial charge in [-0.05, 0) is 35.1 Å². The molecule has 0 radical (unpaired) electrons. The minimum absolute atomic E-state index is 0.0455. The van der Waals surface area contributed by atoms with Crippen LogP contribution in [0.2, 0.25) is 0 Å². The Morgan fingerprint density at radius 1 is 1.10 bits per heavy atom. The largest absolute Gasteiger partial charge is 0.454 e. The summed E-state index contributed by atoms with van der Waals surface area (Å²) in [6.07, 6.45) is 0.231. The van der Waals surface area contributed by atoms with Crippen LogP contribution >= 0.6 is 22.9 Å². The van der Waals surface area contributed by atoms with E-state index >= 15 is 0 Å². The molecular formula is C22H27ClN2O4S. The zero-order chi connectivity index (χ0) is 21.5. The number of carbonyl (C=O) groups excluding carboxylic acids is 2. The van der Waals surface area contributed by atoms with Crippen LogP contribution in [-0.4, -0.2) is 47.4 Å². The maximum Gasteiger partial charge on any atom is 0.242 e. The fourth-order valence-corrected chi connectivity index (χ4v) is 4.16. The number of hydrogen-bond donors (Lipinski definition) is 0. The van der Waals surface area contributed by atoms with Crippen LogP contribution in [0.5, 0.6) is 11.5 Å². The first-order valence-electron chi connectivity index (χ1n) is 9.98. The number of carbonyl (C=O) groups is 2. The molecule has 30 heavy (non-hydrogen) atoms. The van der Waals surface area contributed by atoms with Crippen molar-refractivity contribution in [1.82, 2.24) is 9.80 Å². The van der Waals surface area contributed by atoms with Gasteiger partial charge in [0.2, 0.25) is 18.6 Å².